The van der Waals surface area contributed by atoms with Gasteiger partial charge in [0, 0.05) is 23.1 Å². The first kappa shape index (κ1) is 9.91. The summed E-state index contributed by atoms with van der Waals surface area (Å²) >= 11 is 0. The number of benzene rings is 1. The molecule has 0 bridgehead atoms. The number of nitrogens with two attached hydrogens (primary N) is 1. The molecule has 1 aromatic heterocycles. The molecule has 1 saturated carbocycles. The van der Waals surface area contributed by atoms with Gasteiger partial charge in [0.25, 0.3) is 0 Å². The highest BCUT2D eigenvalue weighted by Crippen LogP contribution is 2.39. The largest absolute Gasteiger partial charge is 0.344 e. The summed E-state index contributed by atoms with van der Waals surface area (Å²) in [5.74, 6) is 0. The van der Waals surface area contributed by atoms with Crippen LogP contribution in [0.15, 0.2) is 24.4 Å². The molecule has 0 aliphatic heterocycles. The molecule has 1 heterocycles. The first-order valence-corrected chi connectivity index (χ1v) is 6.10. The van der Waals surface area contributed by atoms with E-state index in [1.807, 2.05) is 0 Å². The van der Waals surface area contributed by atoms with E-state index in [1.54, 1.807) is 0 Å². The molecule has 2 nitrogen and oxygen atoms in total. The predicted octanol–water partition coefficient (Wildman–Crippen LogP) is 2.79. The Bertz CT molecular complexity index is 521. The van der Waals surface area contributed by atoms with Gasteiger partial charge in [0.2, 0.25) is 0 Å². The van der Waals surface area contributed by atoms with Crippen LogP contribution in [0.1, 0.15) is 30.0 Å². The number of fused-ring (bicyclic) bond motifs is 1. The molecule has 0 amide bonds. The molecule has 1 fully saturated rings. The molecule has 0 spiro atoms. The summed E-state index contributed by atoms with van der Waals surface area (Å²) in [5, 5.41) is 1.43. The minimum atomic E-state index is 0.734. The van der Waals surface area contributed by atoms with Crippen LogP contribution < -0.4 is 5.73 Å². The lowest BCUT2D eigenvalue weighted by Gasteiger charge is -2.02. The molecule has 2 heteroatoms. The minimum absolute atomic E-state index is 0.734. The average molecular weight is 214 g/mol. The van der Waals surface area contributed by atoms with Gasteiger partial charge in [-0.2, -0.15) is 0 Å². The maximum atomic E-state index is 5.69. The molecule has 1 aromatic carbocycles. The van der Waals surface area contributed by atoms with Gasteiger partial charge in [-0.05, 0) is 49.9 Å². The third kappa shape index (κ3) is 1.45. The van der Waals surface area contributed by atoms with Crippen LogP contribution in [0.2, 0.25) is 0 Å². The van der Waals surface area contributed by atoms with Gasteiger partial charge in [0.05, 0.1) is 0 Å². The van der Waals surface area contributed by atoms with Gasteiger partial charge in [-0.1, -0.05) is 12.1 Å². The Balaban J connectivity index is 2.24. The van der Waals surface area contributed by atoms with Crippen molar-refractivity contribution in [2.24, 2.45) is 5.73 Å². The first-order valence-electron chi connectivity index (χ1n) is 6.10. The van der Waals surface area contributed by atoms with Crippen molar-refractivity contribution >= 4 is 10.9 Å². The van der Waals surface area contributed by atoms with Crippen molar-refractivity contribution < 1.29 is 0 Å². The van der Waals surface area contributed by atoms with Gasteiger partial charge in [0.1, 0.15) is 0 Å². The van der Waals surface area contributed by atoms with Crippen molar-refractivity contribution in [3.63, 3.8) is 0 Å². The third-order valence-corrected chi connectivity index (χ3v) is 3.50. The van der Waals surface area contributed by atoms with Gasteiger partial charge in [-0.25, -0.2) is 0 Å². The standard InChI is InChI=1S/C14H18N2/c1-10-3-2-4-13-14(10)11(7-8-15)9-16(13)12-5-6-12/h2-4,9,12H,5-8,15H2,1H3. The fourth-order valence-electron chi connectivity index (χ4n) is 2.59. The Morgan fingerprint density at radius 2 is 2.19 bits per heavy atom. The zero-order chi connectivity index (χ0) is 11.1. The molecule has 2 aromatic rings. The van der Waals surface area contributed by atoms with Crippen LogP contribution in [0.25, 0.3) is 10.9 Å². The smallest absolute Gasteiger partial charge is 0.0488 e. The van der Waals surface area contributed by atoms with Gasteiger partial charge >= 0.3 is 0 Å². The molecule has 1 aliphatic carbocycles. The van der Waals surface area contributed by atoms with Crippen molar-refractivity contribution in [1.29, 1.82) is 0 Å². The SMILES string of the molecule is Cc1cccc2c1c(CCN)cn2C1CC1. The van der Waals surface area contributed by atoms with Crippen LogP contribution in [0.5, 0.6) is 0 Å². The fraction of sp³-hybridized carbons (Fsp3) is 0.429. The second-order valence-electron chi connectivity index (χ2n) is 4.80. The maximum Gasteiger partial charge on any atom is 0.0488 e. The quantitative estimate of drug-likeness (QED) is 0.836. The van der Waals surface area contributed by atoms with Crippen LogP contribution in [-0.2, 0) is 6.42 Å². The Kier molecular flexibility index (Phi) is 2.25. The second-order valence-corrected chi connectivity index (χ2v) is 4.80. The summed E-state index contributed by atoms with van der Waals surface area (Å²) < 4.78 is 2.45. The highest BCUT2D eigenvalue weighted by Gasteiger charge is 2.25. The monoisotopic (exact) mass is 214 g/mol. The molecule has 3 rings (SSSR count). The fourth-order valence-corrected chi connectivity index (χ4v) is 2.59. The summed E-state index contributed by atoms with van der Waals surface area (Å²) in [6.45, 7) is 2.93. The number of hydrogen-bond donors (Lipinski definition) is 1. The molecule has 16 heavy (non-hydrogen) atoms. The average Bonchev–Trinajstić information content (AvgIpc) is 3.04. The summed E-state index contributed by atoms with van der Waals surface area (Å²) in [7, 11) is 0. The van der Waals surface area contributed by atoms with Crippen molar-refractivity contribution in [2.75, 3.05) is 6.54 Å². The van der Waals surface area contributed by atoms with Crippen molar-refractivity contribution in [3.8, 4) is 0 Å². The molecule has 0 unspecified atom stereocenters. The lowest BCUT2D eigenvalue weighted by Crippen LogP contribution is -2.02. The van der Waals surface area contributed by atoms with E-state index in [0.29, 0.717) is 0 Å². The van der Waals surface area contributed by atoms with Crippen LogP contribution in [0.4, 0.5) is 0 Å². The highest BCUT2D eigenvalue weighted by molar-refractivity contribution is 5.87. The zero-order valence-corrected chi connectivity index (χ0v) is 9.74. The highest BCUT2D eigenvalue weighted by atomic mass is 15.0. The first-order chi connectivity index (χ1) is 7.81. The minimum Gasteiger partial charge on any atom is -0.344 e. The lowest BCUT2D eigenvalue weighted by molar-refractivity contribution is 0.770. The summed E-state index contributed by atoms with van der Waals surface area (Å²) in [6.07, 6.45) is 5.98. The van der Waals surface area contributed by atoms with Gasteiger partial charge in [-0.15, -0.1) is 0 Å². The maximum absolute atomic E-state index is 5.69. The molecule has 0 radical (unpaired) electrons. The van der Waals surface area contributed by atoms with Crippen LogP contribution >= 0.6 is 0 Å². The molecule has 84 valence electrons. The summed E-state index contributed by atoms with van der Waals surface area (Å²) in [6, 6.07) is 7.33. The van der Waals surface area contributed by atoms with Crippen molar-refractivity contribution in [1.82, 2.24) is 4.57 Å². The number of aryl methyl sites for hydroxylation is 1. The molecular formula is C14H18N2. The zero-order valence-electron chi connectivity index (χ0n) is 9.74. The normalized spacial score (nSPS) is 15.9. The van der Waals surface area contributed by atoms with E-state index in [2.05, 4.69) is 35.9 Å². The molecule has 0 saturated heterocycles. The number of rotatable bonds is 3. The second kappa shape index (κ2) is 3.63. The topological polar surface area (TPSA) is 30.9 Å². The number of nitrogens with zero attached hydrogens (tertiary/aromatic N) is 1. The van der Waals surface area contributed by atoms with Crippen molar-refractivity contribution in [3.05, 3.63) is 35.5 Å². The predicted molar refractivity (Wildman–Crippen MR) is 67.7 cm³/mol. The lowest BCUT2D eigenvalue weighted by atomic mass is 10.1. The van der Waals surface area contributed by atoms with Crippen LogP contribution in [-0.4, -0.2) is 11.1 Å². The van der Waals surface area contributed by atoms with Gasteiger partial charge in [-0.3, -0.25) is 0 Å². The van der Waals surface area contributed by atoms with Crippen LogP contribution in [0.3, 0.4) is 0 Å². The van der Waals surface area contributed by atoms with Gasteiger partial charge in [0.15, 0.2) is 0 Å². The summed E-state index contributed by atoms with van der Waals surface area (Å²) in [4.78, 5) is 0. The molecular weight excluding hydrogens is 196 g/mol. The Morgan fingerprint density at radius 3 is 2.88 bits per heavy atom. The van der Waals surface area contributed by atoms with E-state index in [0.717, 1.165) is 19.0 Å². The number of hydrogen-bond acceptors (Lipinski definition) is 1. The Labute approximate surface area is 96.1 Å². The van der Waals surface area contributed by atoms with E-state index < -0.39 is 0 Å². The van der Waals surface area contributed by atoms with Gasteiger partial charge < -0.3 is 10.3 Å². The summed E-state index contributed by atoms with van der Waals surface area (Å²) in [5.41, 5.74) is 9.88. The Morgan fingerprint density at radius 1 is 1.38 bits per heavy atom. The van der Waals surface area contributed by atoms with E-state index in [1.165, 1.54) is 34.9 Å². The Hall–Kier alpha value is -1.28. The molecule has 2 N–H and O–H groups in total. The van der Waals surface area contributed by atoms with E-state index >= 15 is 0 Å². The molecule has 0 atom stereocenters. The third-order valence-electron chi connectivity index (χ3n) is 3.50. The van der Waals surface area contributed by atoms with Crippen LogP contribution in [0, 0.1) is 6.92 Å². The van der Waals surface area contributed by atoms with Crippen molar-refractivity contribution in [2.45, 2.75) is 32.2 Å². The molecule has 1 aliphatic rings. The van der Waals surface area contributed by atoms with E-state index in [4.69, 9.17) is 5.73 Å². The van der Waals surface area contributed by atoms with E-state index in [9.17, 15) is 0 Å². The van der Waals surface area contributed by atoms with E-state index in [-0.39, 0.29) is 0 Å². The number of aromatic nitrogens is 1.